The Kier molecular flexibility index (Phi) is 7.64. The van der Waals surface area contributed by atoms with Crippen LogP contribution in [-0.2, 0) is 0 Å². The number of anilines is 5. The van der Waals surface area contributed by atoms with E-state index < -0.39 is 11.9 Å². The number of nitrogens with one attached hydrogen (secondary N) is 2. The lowest BCUT2D eigenvalue weighted by molar-refractivity contribution is 0.0683. The summed E-state index contributed by atoms with van der Waals surface area (Å²) >= 11 is 0. The summed E-state index contributed by atoms with van der Waals surface area (Å²) < 4.78 is 0. The van der Waals surface area contributed by atoms with Crippen molar-refractivity contribution in [2.75, 3.05) is 16.4 Å². The predicted octanol–water partition coefficient (Wildman–Crippen LogP) is 5.84. The molecular weight excluding hydrogens is 418 g/mol. The number of carboxylic acid groups (broad SMARTS) is 2. The van der Waals surface area contributed by atoms with E-state index in [9.17, 15) is 19.8 Å². The molecule has 33 heavy (non-hydrogen) atoms. The quantitative estimate of drug-likeness (QED) is 0.238. The standard InChI is InChI=1S/C20H16N2O4.C6H7N/c23-19(24)15-11-12-16(20(25)26)18(22-14-9-5-2-6-10-14)17(15)21-13-7-3-1-4-8-13;7-6-4-2-1-3-5-6/h1-12,21-22H,(H,23,24)(H,25,26);1-5H,7H2. The number of aromatic carboxylic acids is 2. The highest BCUT2D eigenvalue weighted by Gasteiger charge is 2.21. The third-order valence-corrected chi connectivity index (χ3v) is 4.55. The van der Waals surface area contributed by atoms with Crippen molar-refractivity contribution in [3.63, 3.8) is 0 Å². The molecule has 7 nitrogen and oxygen atoms in total. The minimum Gasteiger partial charge on any atom is -0.478 e. The summed E-state index contributed by atoms with van der Waals surface area (Å²) in [5.41, 5.74) is 7.79. The van der Waals surface area contributed by atoms with Crippen molar-refractivity contribution in [3.8, 4) is 0 Å². The number of hydrogen-bond acceptors (Lipinski definition) is 5. The van der Waals surface area contributed by atoms with Gasteiger partial charge < -0.3 is 26.6 Å². The molecule has 0 unspecified atom stereocenters. The maximum atomic E-state index is 11.7. The van der Waals surface area contributed by atoms with Crippen molar-refractivity contribution < 1.29 is 19.8 Å². The number of carbonyl (C=O) groups is 2. The second-order valence-corrected chi connectivity index (χ2v) is 6.91. The molecule has 0 radical (unpaired) electrons. The molecule has 0 atom stereocenters. The first-order chi connectivity index (χ1) is 16.0. The van der Waals surface area contributed by atoms with Crippen LogP contribution in [0.3, 0.4) is 0 Å². The molecule has 0 bridgehead atoms. The number of hydrogen-bond donors (Lipinski definition) is 5. The third kappa shape index (κ3) is 6.35. The van der Waals surface area contributed by atoms with Gasteiger partial charge in [0.05, 0.1) is 22.5 Å². The minimum absolute atomic E-state index is 0.0303. The molecule has 7 heteroatoms. The van der Waals surface area contributed by atoms with E-state index in [1.165, 1.54) is 12.1 Å². The molecule has 0 saturated heterocycles. The Hall–Kier alpha value is -4.78. The van der Waals surface area contributed by atoms with E-state index in [2.05, 4.69) is 10.6 Å². The maximum Gasteiger partial charge on any atom is 0.337 e. The molecule has 6 N–H and O–H groups in total. The lowest BCUT2D eigenvalue weighted by Crippen LogP contribution is -2.11. The zero-order chi connectivity index (χ0) is 23.6. The second kappa shape index (κ2) is 11.0. The first kappa shape index (κ1) is 22.9. The molecule has 166 valence electrons. The minimum atomic E-state index is -1.16. The molecule has 0 amide bonds. The number of carboxylic acids is 2. The molecule has 0 heterocycles. The van der Waals surface area contributed by atoms with Gasteiger partial charge in [0.1, 0.15) is 0 Å². The average Bonchev–Trinajstić information content (AvgIpc) is 2.82. The summed E-state index contributed by atoms with van der Waals surface area (Å²) in [7, 11) is 0. The largest absolute Gasteiger partial charge is 0.478 e. The zero-order valence-corrected chi connectivity index (χ0v) is 17.6. The third-order valence-electron chi connectivity index (χ3n) is 4.55. The normalized spacial score (nSPS) is 9.82. The average molecular weight is 441 g/mol. The van der Waals surface area contributed by atoms with Crippen LogP contribution in [0.4, 0.5) is 28.4 Å². The van der Waals surface area contributed by atoms with Crippen molar-refractivity contribution in [1.29, 1.82) is 0 Å². The summed E-state index contributed by atoms with van der Waals surface area (Å²) in [4.78, 5) is 23.4. The van der Waals surface area contributed by atoms with Crippen LogP contribution < -0.4 is 16.4 Å². The number of para-hydroxylation sites is 3. The maximum absolute atomic E-state index is 11.7. The van der Waals surface area contributed by atoms with E-state index in [1.807, 2.05) is 42.5 Å². The zero-order valence-electron chi connectivity index (χ0n) is 17.6. The Morgan fingerprint density at radius 3 is 1.15 bits per heavy atom. The predicted molar refractivity (Wildman–Crippen MR) is 131 cm³/mol. The first-order valence-electron chi connectivity index (χ1n) is 10.0. The molecule has 4 rings (SSSR count). The molecule has 0 aliphatic rings. The van der Waals surface area contributed by atoms with Crippen LogP contribution in [0.15, 0.2) is 103 Å². The van der Waals surface area contributed by atoms with Gasteiger partial charge in [-0.3, -0.25) is 0 Å². The summed E-state index contributed by atoms with van der Waals surface area (Å²) in [6.07, 6.45) is 0. The number of benzene rings is 4. The molecule has 0 fully saturated rings. The molecule has 0 aliphatic heterocycles. The number of nitrogen functional groups attached to an aromatic ring is 1. The van der Waals surface area contributed by atoms with E-state index in [0.29, 0.717) is 11.4 Å². The lowest BCUT2D eigenvalue weighted by atomic mass is 10.0. The molecule has 0 spiro atoms. The SMILES string of the molecule is Nc1ccccc1.O=C(O)c1ccc(C(=O)O)c(Nc2ccccc2)c1Nc1ccccc1. The van der Waals surface area contributed by atoms with Gasteiger partial charge in [0.15, 0.2) is 0 Å². The monoisotopic (exact) mass is 441 g/mol. The van der Waals surface area contributed by atoms with Crippen LogP contribution in [-0.4, -0.2) is 22.2 Å². The van der Waals surface area contributed by atoms with Crippen molar-refractivity contribution in [1.82, 2.24) is 0 Å². The van der Waals surface area contributed by atoms with Gasteiger partial charge in [0.2, 0.25) is 0 Å². The van der Waals surface area contributed by atoms with Crippen molar-refractivity contribution in [3.05, 3.63) is 114 Å². The van der Waals surface area contributed by atoms with Crippen LogP contribution in [0.1, 0.15) is 20.7 Å². The Labute approximate surface area is 191 Å². The van der Waals surface area contributed by atoms with Gasteiger partial charge in [-0.1, -0.05) is 54.6 Å². The van der Waals surface area contributed by atoms with Crippen molar-refractivity contribution >= 4 is 40.4 Å². The fourth-order valence-corrected chi connectivity index (χ4v) is 3.00. The van der Waals surface area contributed by atoms with Crippen LogP contribution in [0, 0.1) is 0 Å². The summed E-state index contributed by atoms with van der Waals surface area (Å²) in [6, 6.07) is 30.0. The van der Waals surface area contributed by atoms with E-state index in [-0.39, 0.29) is 22.5 Å². The Bertz CT molecular complexity index is 1140. The molecule has 4 aromatic carbocycles. The lowest BCUT2D eigenvalue weighted by Gasteiger charge is -2.18. The molecular formula is C26H23N3O4. The Balaban J connectivity index is 0.000000374. The van der Waals surface area contributed by atoms with Gasteiger partial charge in [0.25, 0.3) is 0 Å². The molecule has 0 aliphatic carbocycles. The van der Waals surface area contributed by atoms with Gasteiger partial charge in [0, 0.05) is 17.1 Å². The van der Waals surface area contributed by atoms with Gasteiger partial charge in [-0.2, -0.15) is 0 Å². The number of nitrogens with two attached hydrogens (primary N) is 1. The topological polar surface area (TPSA) is 125 Å². The second-order valence-electron chi connectivity index (χ2n) is 6.91. The Morgan fingerprint density at radius 2 is 0.879 bits per heavy atom. The van der Waals surface area contributed by atoms with Crippen LogP contribution in [0.25, 0.3) is 0 Å². The van der Waals surface area contributed by atoms with Crippen molar-refractivity contribution in [2.24, 2.45) is 0 Å². The van der Waals surface area contributed by atoms with Crippen LogP contribution in [0.2, 0.25) is 0 Å². The van der Waals surface area contributed by atoms with E-state index in [4.69, 9.17) is 5.73 Å². The fraction of sp³-hybridized carbons (Fsp3) is 0. The van der Waals surface area contributed by atoms with Crippen LogP contribution >= 0.6 is 0 Å². The summed E-state index contributed by atoms with van der Waals surface area (Å²) in [5, 5.41) is 25.2. The molecule has 0 aromatic heterocycles. The first-order valence-corrected chi connectivity index (χ1v) is 10.0. The molecule has 4 aromatic rings. The summed E-state index contributed by atoms with van der Waals surface area (Å²) in [5.74, 6) is -2.31. The Morgan fingerprint density at radius 1 is 0.545 bits per heavy atom. The fourth-order valence-electron chi connectivity index (χ4n) is 3.00. The number of rotatable bonds is 6. The molecule has 0 saturated carbocycles. The smallest absolute Gasteiger partial charge is 0.337 e. The van der Waals surface area contributed by atoms with Gasteiger partial charge in [-0.15, -0.1) is 0 Å². The van der Waals surface area contributed by atoms with E-state index in [0.717, 1.165) is 5.69 Å². The van der Waals surface area contributed by atoms with Crippen LogP contribution in [0.5, 0.6) is 0 Å². The van der Waals surface area contributed by atoms with Gasteiger partial charge in [-0.05, 0) is 48.5 Å². The highest BCUT2D eigenvalue weighted by Crippen LogP contribution is 2.35. The highest BCUT2D eigenvalue weighted by molar-refractivity contribution is 6.06. The highest BCUT2D eigenvalue weighted by atomic mass is 16.4. The van der Waals surface area contributed by atoms with E-state index in [1.54, 1.807) is 48.5 Å². The van der Waals surface area contributed by atoms with Gasteiger partial charge in [-0.25, -0.2) is 9.59 Å². The van der Waals surface area contributed by atoms with E-state index >= 15 is 0 Å². The summed E-state index contributed by atoms with van der Waals surface area (Å²) in [6.45, 7) is 0. The van der Waals surface area contributed by atoms with Gasteiger partial charge >= 0.3 is 11.9 Å². The van der Waals surface area contributed by atoms with Crippen molar-refractivity contribution in [2.45, 2.75) is 0 Å².